The number of aliphatic carboxylic acids is 1. The first-order chi connectivity index (χ1) is 19.4. The van der Waals surface area contributed by atoms with Crippen LogP contribution in [0.1, 0.15) is 43.8 Å². The molecule has 41 heavy (non-hydrogen) atoms. The van der Waals surface area contributed by atoms with Crippen LogP contribution in [-0.4, -0.2) is 102 Å². The number of nitrogens with zero attached hydrogens (tertiary/aromatic N) is 3. The minimum absolute atomic E-state index is 0.0159. The molecule has 1 atom stereocenters. The third-order valence-electron chi connectivity index (χ3n) is 7.94. The van der Waals surface area contributed by atoms with Crippen LogP contribution in [0.25, 0.3) is 5.57 Å². The number of amides is 1. The van der Waals surface area contributed by atoms with Crippen LogP contribution in [0.15, 0.2) is 23.8 Å². The number of carboxylic acids is 2. The van der Waals surface area contributed by atoms with Crippen molar-refractivity contribution in [2.45, 2.75) is 26.3 Å². The number of aromatic carboxylic acids is 1. The molecule has 2 heterocycles. The molecular formula is C29H33ClFN3O7. The van der Waals surface area contributed by atoms with E-state index in [2.05, 4.69) is 9.80 Å². The molecule has 2 aromatic carbocycles. The predicted octanol–water partition coefficient (Wildman–Crippen LogP) is 3.65. The van der Waals surface area contributed by atoms with Crippen molar-refractivity contribution in [2.75, 3.05) is 58.4 Å². The van der Waals surface area contributed by atoms with E-state index in [1.165, 1.54) is 4.90 Å². The maximum atomic E-state index is 14.8. The van der Waals surface area contributed by atoms with Gasteiger partial charge in [-0.2, -0.15) is 0 Å². The molecule has 0 spiro atoms. The molecule has 0 aliphatic carbocycles. The Balaban J connectivity index is 1.67. The number of piperazine rings is 1. The van der Waals surface area contributed by atoms with E-state index in [4.69, 9.17) is 21.4 Å². The normalized spacial score (nSPS) is 18.1. The smallest absolute Gasteiger partial charge is 0.337 e. The van der Waals surface area contributed by atoms with Crippen molar-refractivity contribution in [1.82, 2.24) is 9.80 Å². The Bertz CT molecular complexity index is 1440. The van der Waals surface area contributed by atoms with E-state index in [-0.39, 0.29) is 36.9 Å². The van der Waals surface area contributed by atoms with Crippen molar-refractivity contribution in [2.24, 2.45) is 0 Å². The number of anilines is 1. The Labute approximate surface area is 242 Å². The van der Waals surface area contributed by atoms with Crippen LogP contribution in [0.2, 0.25) is 5.02 Å². The van der Waals surface area contributed by atoms with Crippen LogP contribution in [0, 0.1) is 19.7 Å². The average Bonchev–Trinajstić information content (AvgIpc) is 2.93. The van der Waals surface area contributed by atoms with E-state index in [0.29, 0.717) is 35.4 Å². The van der Waals surface area contributed by atoms with Crippen molar-refractivity contribution in [3.63, 3.8) is 0 Å². The van der Waals surface area contributed by atoms with Crippen LogP contribution in [0.5, 0.6) is 5.75 Å². The second-order valence-corrected chi connectivity index (χ2v) is 10.8. The van der Waals surface area contributed by atoms with Crippen LogP contribution < -0.4 is 4.90 Å². The van der Waals surface area contributed by atoms with Crippen molar-refractivity contribution in [3.8, 4) is 5.75 Å². The quantitative estimate of drug-likeness (QED) is 0.443. The Morgan fingerprint density at radius 3 is 2.41 bits per heavy atom. The van der Waals surface area contributed by atoms with Gasteiger partial charge in [0.25, 0.3) is 5.91 Å². The summed E-state index contributed by atoms with van der Waals surface area (Å²) in [6.07, 6.45) is 0.105. The molecule has 2 aliphatic heterocycles. The van der Waals surface area contributed by atoms with E-state index in [9.17, 15) is 29.0 Å². The fourth-order valence-corrected chi connectivity index (χ4v) is 5.83. The minimum Gasteiger partial charge on any atom is -0.507 e. The van der Waals surface area contributed by atoms with Crippen LogP contribution in [0.4, 0.5) is 10.1 Å². The first kappa shape index (κ1) is 30.3. The van der Waals surface area contributed by atoms with Gasteiger partial charge in [-0.1, -0.05) is 11.6 Å². The molecule has 0 unspecified atom stereocenters. The molecule has 1 fully saturated rings. The van der Waals surface area contributed by atoms with Crippen LogP contribution in [-0.2, 0) is 9.53 Å². The molecule has 2 aliphatic rings. The topological polar surface area (TPSA) is 131 Å². The molecular weight excluding hydrogens is 557 g/mol. The highest BCUT2D eigenvalue weighted by Gasteiger charge is 2.33. The van der Waals surface area contributed by atoms with Gasteiger partial charge in [0.1, 0.15) is 5.75 Å². The number of hydrogen-bond donors (Lipinski definition) is 3. The number of aromatic hydroxyl groups is 1. The first-order valence-electron chi connectivity index (χ1n) is 13.1. The monoisotopic (exact) mass is 589 g/mol. The summed E-state index contributed by atoms with van der Waals surface area (Å²) in [5.41, 5.74) is 1.97. The summed E-state index contributed by atoms with van der Waals surface area (Å²) in [5, 5.41) is 29.9. The Kier molecular flexibility index (Phi) is 8.91. The van der Waals surface area contributed by atoms with Gasteiger partial charge in [-0.25, -0.2) is 14.0 Å². The zero-order valence-corrected chi connectivity index (χ0v) is 24.1. The van der Waals surface area contributed by atoms with Gasteiger partial charge in [0, 0.05) is 50.1 Å². The molecule has 3 N–H and O–H groups in total. The van der Waals surface area contributed by atoms with Gasteiger partial charge in [0.2, 0.25) is 0 Å². The highest BCUT2D eigenvalue weighted by atomic mass is 35.5. The van der Waals surface area contributed by atoms with Gasteiger partial charge in [0.15, 0.2) is 5.82 Å². The van der Waals surface area contributed by atoms with E-state index in [0.717, 1.165) is 30.9 Å². The highest BCUT2D eigenvalue weighted by molar-refractivity contribution is 6.34. The fourth-order valence-electron chi connectivity index (χ4n) is 5.59. The number of carbonyl (C=O) groups excluding carboxylic acids is 1. The maximum absolute atomic E-state index is 14.8. The van der Waals surface area contributed by atoms with Gasteiger partial charge >= 0.3 is 11.9 Å². The Morgan fingerprint density at radius 2 is 1.78 bits per heavy atom. The molecule has 1 saturated heterocycles. The summed E-state index contributed by atoms with van der Waals surface area (Å²) in [7, 11) is 3.71. The zero-order chi connectivity index (χ0) is 30.2. The van der Waals surface area contributed by atoms with E-state index in [1.807, 2.05) is 20.0 Å². The molecule has 0 saturated carbocycles. The minimum atomic E-state index is -1.44. The number of benzene rings is 2. The SMILES string of the molecule is COC[C@H]1CN(c2cc(C)c(C3=C(C(=O)O)CN(C(=O)c4ccc(C(=O)O)c(Cl)c4F)CC3)c(O)c2C)CCN1C. The summed E-state index contributed by atoms with van der Waals surface area (Å²) < 4.78 is 20.2. The third-order valence-corrected chi connectivity index (χ3v) is 8.31. The summed E-state index contributed by atoms with van der Waals surface area (Å²) in [5.74, 6) is -4.71. The van der Waals surface area contributed by atoms with Gasteiger partial charge < -0.3 is 29.9 Å². The lowest BCUT2D eigenvalue weighted by Crippen LogP contribution is -2.53. The average molecular weight is 590 g/mol. The lowest BCUT2D eigenvalue weighted by atomic mass is 9.87. The standard InChI is InChI=1S/C29H33ClFN3O7/c1-15-11-22(33-10-9-32(3)17(12-33)14-41-4)16(2)26(35)23(15)18-7-8-34(13-21(18)29(39)40)27(36)20-6-5-19(28(37)38)24(30)25(20)31/h5-6,11,17,35H,7-10,12-14H2,1-4H3,(H,37,38)(H,39,40)/t17-/m1/s1. The molecule has 4 rings (SSSR count). The van der Waals surface area contributed by atoms with Gasteiger partial charge in [0.05, 0.1) is 40.9 Å². The summed E-state index contributed by atoms with van der Waals surface area (Å²) in [6, 6.07) is 4.19. The van der Waals surface area contributed by atoms with Gasteiger partial charge in [-0.15, -0.1) is 0 Å². The highest BCUT2D eigenvalue weighted by Crippen LogP contribution is 2.42. The van der Waals surface area contributed by atoms with E-state index in [1.54, 1.807) is 14.0 Å². The number of carbonyl (C=O) groups is 3. The van der Waals surface area contributed by atoms with Gasteiger partial charge in [-0.05, 0) is 56.7 Å². The third kappa shape index (κ3) is 5.74. The largest absolute Gasteiger partial charge is 0.507 e. The molecule has 0 bridgehead atoms. The summed E-state index contributed by atoms with van der Waals surface area (Å²) >= 11 is 5.84. The molecule has 10 nitrogen and oxygen atoms in total. The number of phenols is 1. The summed E-state index contributed by atoms with van der Waals surface area (Å²) in [4.78, 5) is 42.4. The molecule has 220 valence electrons. The van der Waals surface area contributed by atoms with Crippen molar-refractivity contribution < 1.29 is 38.8 Å². The number of carboxylic acid groups (broad SMARTS) is 2. The number of methoxy groups -OCH3 is 1. The summed E-state index contributed by atoms with van der Waals surface area (Å²) in [6.45, 7) is 6.17. The Morgan fingerprint density at radius 1 is 1.10 bits per heavy atom. The van der Waals surface area contributed by atoms with Crippen molar-refractivity contribution in [1.29, 1.82) is 0 Å². The van der Waals surface area contributed by atoms with E-state index >= 15 is 0 Å². The van der Waals surface area contributed by atoms with Crippen molar-refractivity contribution >= 4 is 40.7 Å². The number of hydrogen-bond acceptors (Lipinski definition) is 7. The lowest BCUT2D eigenvalue weighted by molar-refractivity contribution is -0.132. The Hall–Kier alpha value is -3.67. The molecule has 0 radical (unpaired) electrons. The molecule has 12 heteroatoms. The lowest BCUT2D eigenvalue weighted by Gasteiger charge is -2.41. The number of aryl methyl sites for hydroxylation is 1. The number of likely N-dealkylation sites (N-methyl/N-ethyl adjacent to an activating group) is 1. The van der Waals surface area contributed by atoms with E-state index < -0.39 is 39.8 Å². The predicted molar refractivity (Wildman–Crippen MR) is 152 cm³/mol. The number of halogens is 2. The first-order valence-corrected chi connectivity index (χ1v) is 13.5. The van der Waals surface area contributed by atoms with Crippen LogP contribution >= 0.6 is 11.6 Å². The van der Waals surface area contributed by atoms with Crippen LogP contribution in [0.3, 0.4) is 0 Å². The van der Waals surface area contributed by atoms with Crippen molar-refractivity contribution in [3.05, 3.63) is 62.4 Å². The zero-order valence-electron chi connectivity index (χ0n) is 23.3. The fraction of sp³-hybridized carbons (Fsp3) is 0.414. The maximum Gasteiger partial charge on any atom is 0.337 e. The molecule has 2 aromatic rings. The molecule has 0 aromatic heterocycles. The van der Waals surface area contributed by atoms with Gasteiger partial charge in [-0.3, -0.25) is 9.69 Å². The second kappa shape index (κ2) is 12.1. The molecule has 1 amide bonds. The number of rotatable bonds is 7. The second-order valence-electron chi connectivity index (χ2n) is 10.4. The number of ether oxygens (including phenoxy) is 1. The number of phenolic OH excluding ortho intramolecular Hbond substituents is 1.